The molecule has 9 nitrogen and oxygen atoms in total. The van der Waals surface area contributed by atoms with E-state index in [0.29, 0.717) is 51.1 Å². The fourth-order valence-electron chi connectivity index (χ4n) is 3.62. The lowest BCUT2D eigenvalue weighted by Gasteiger charge is -2.11. The lowest BCUT2D eigenvalue weighted by Crippen LogP contribution is -2.18. The molecule has 4 rings (SSSR count). The first-order valence-electron chi connectivity index (χ1n) is 12.5. The first-order chi connectivity index (χ1) is 19.9. The summed E-state index contributed by atoms with van der Waals surface area (Å²) < 4.78 is 16.2. The maximum atomic E-state index is 12.7. The molecular weight excluding hydrogens is 546 g/mol. The van der Waals surface area contributed by atoms with E-state index in [9.17, 15) is 14.4 Å². The van der Waals surface area contributed by atoms with E-state index in [4.69, 9.17) is 25.8 Å². The van der Waals surface area contributed by atoms with Crippen molar-refractivity contribution in [2.75, 3.05) is 19.0 Å². The molecule has 41 heavy (non-hydrogen) atoms. The summed E-state index contributed by atoms with van der Waals surface area (Å²) in [5.41, 5.74) is 4.60. The largest absolute Gasteiger partial charge is 0.497 e. The number of carbonyl (C=O) groups excluding carboxylic acids is 3. The molecule has 0 bridgehead atoms. The molecule has 208 valence electrons. The summed E-state index contributed by atoms with van der Waals surface area (Å²) in [6.45, 7) is 2.15. The lowest BCUT2D eigenvalue weighted by molar-refractivity contribution is 0.0728. The number of rotatable bonds is 10. The van der Waals surface area contributed by atoms with Crippen LogP contribution in [0.1, 0.15) is 43.6 Å². The highest BCUT2D eigenvalue weighted by Gasteiger charge is 2.14. The Balaban J connectivity index is 1.38. The molecule has 2 N–H and O–H groups in total. The average Bonchev–Trinajstić information content (AvgIpc) is 2.99. The molecule has 4 aromatic rings. The molecule has 0 atom stereocenters. The van der Waals surface area contributed by atoms with Crippen molar-refractivity contribution >= 4 is 41.3 Å². The predicted octanol–water partition coefficient (Wildman–Crippen LogP) is 5.98. The summed E-state index contributed by atoms with van der Waals surface area (Å²) >= 11 is 5.88. The van der Waals surface area contributed by atoms with Gasteiger partial charge in [0.05, 0.1) is 25.5 Å². The molecule has 4 aromatic carbocycles. The molecular formula is C31H26ClN3O6. The molecule has 2 amide bonds. The summed E-state index contributed by atoms with van der Waals surface area (Å²) in [5.74, 6) is -0.134. The van der Waals surface area contributed by atoms with Gasteiger partial charge in [0.15, 0.2) is 11.5 Å². The molecule has 0 aliphatic carbocycles. The quantitative estimate of drug-likeness (QED) is 0.105. The zero-order valence-electron chi connectivity index (χ0n) is 22.2. The molecule has 0 unspecified atom stereocenters. The zero-order chi connectivity index (χ0) is 29.2. The summed E-state index contributed by atoms with van der Waals surface area (Å²) in [4.78, 5) is 37.7. The van der Waals surface area contributed by atoms with Crippen LogP contribution < -0.4 is 25.0 Å². The van der Waals surface area contributed by atoms with Crippen LogP contribution in [0.3, 0.4) is 0 Å². The van der Waals surface area contributed by atoms with Crippen LogP contribution in [0.15, 0.2) is 96.1 Å². The van der Waals surface area contributed by atoms with E-state index in [1.807, 2.05) is 0 Å². The van der Waals surface area contributed by atoms with Gasteiger partial charge in [-0.05, 0) is 97.4 Å². The Hall–Kier alpha value is -5.15. The molecule has 10 heteroatoms. The van der Waals surface area contributed by atoms with Crippen molar-refractivity contribution in [3.63, 3.8) is 0 Å². The van der Waals surface area contributed by atoms with E-state index in [1.165, 1.54) is 6.21 Å². The van der Waals surface area contributed by atoms with Crippen molar-refractivity contribution in [3.05, 3.63) is 118 Å². The van der Waals surface area contributed by atoms with Gasteiger partial charge in [-0.25, -0.2) is 10.2 Å². The van der Waals surface area contributed by atoms with Gasteiger partial charge in [0.2, 0.25) is 0 Å². The van der Waals surface area contributed by atoms with Crippen LogP contribution in [0, 0.1) is 0 Å². The highest BCUT2D eigenvalue weighted by atomic mass is 35.5. The number of nitrogens with one attached hydrogen (secondary N) is 2. The number of amides is 2. The number of nitrogens with zero attached hydrogens (tertiary/aromatic N) is 1. The number of esters is 1. The molecule has 0 saturated carbocycles. The third-order valence-electron chi connectivity index (χ3n) is 5.66. The number of halogens is 1. The van der Waals surface area contributed by atoms with Crippen LogP contribution >= 0.6 is 11.6 Å². The molecule has 0 aromatic heterocycles. The molecule has 0 fully saturated rings. The number of carbonyl (C=O) groups is 3. The molecule has 0 heterocycles. The first-order valence-corrected chi connectivity index (χ1v) is 12.9. The van der Waals surface area contributed by atoms with Gasteiger partial charge >= 0.3 is 5.97 Å². The Morgan fingerprint density at radius 2 is 1.56 bits per heavy atom. The van der Waals surface area contributed by atoms with Gasteiger partial charge < -0.3 is 19.5 Å². The fraction of sp³-hybridized carbons (Fsp3) is 0.0968. The van der Waals surface area contributed by atoms with Crippen LogP contribution in [0.5, 0.6) is 17.2 Å². The van der Waals surface area contributed by atoms with Crippen molar-refractivity contribution < 1.29 is 28.6 Å². The van der Waals surface area contributed by atoms with Crippen molar-refractivity contribution in [2.45, 2.75) is 6.92 Å². The second-order valence-electron chi connectivity index (χ2n) is 8.50. The van der Waals surface area contributed by atoms with Crippen LogP contribution in [0.2, 0.25) is 5.02 Å². The van der Waals surface area contributed by atoms with E-state index in [1.54, 1.807) is 105 Å². The summed E-state index contributed by atoms with van der Waals surface area (Å²) in [6, 6.07) is 24.4. The number of hydrogen-bond donors (Lipinski definition) is 2. The van der Waals surface area contributed by atoms with Gasteiger partial charge in [-0.2, -0.15) is 5.10 Å². The second kappa shape index (κ2) is 13.8. The van der Waals surface area contributed by atoms with Crippen molar-refractivity contribution in [2.24, 2.45) is 5.10 Å². The molecule has 0 aliphatic heterocycles. The number of methoxy groups -OCH3 is 1. The van der Waals surface area contributed by atoms with Gasteiger partial charge in [0.1, 0.15) is 5.75 Å². The van der Waals surface area contributed by atoms with Crippen molar-refractivity contribution in [1.29, 1.82) is 0 Å². The number of benzene rings is 4. The van der Waals surface area contributed by atoms with E-state index in [0.717, 1.165) is 0 Å². The normalized spacial score (nSPS) is 10.6. The Morgan fingerprint density at radius 1 is 0.829 bits per heavy atom. The summed E-state index contributed by atoms with van der Waals surface area (Å²) in [7, 11) is 1.55. The average molecular weight is 572 g/mol. The van der Waals surface area contributed by atoms with E-state index in [-0.39, 0.29) is 11.7 Å². The smallest absolute Gasteiger partial charge is 0.343 e. The van der Waals surface area contributed by atoms with Gasteiger partial charge in [0.25, 0.3) is 11.8 Å². The highest BCUT2D eigenvalue weighted by molar-refractivity contribution is 6.30. The highest BCUT2D eigenvalue weighted by Crippen LogP contribution is 2.29. The van der Waals surface area contributed by atoms with Gasteiger partial charge in [0, 0.05) is 21.8 Å². The minimum atomic E-state index is -0.557. The van der Waals surface area contributed by atoms with E-state index < -0.39 is 11.9 Å². The number of anilines is 1. The fourth-order valence-corrected chi connectivity index (χ4v) is 3.74. The van der Waals surface area contributed by atoms with Crippen LogP contribution in [-0.2, 0) is 0 Å². The minimum absolute atomic E-state index is 0.237. The monoisotopic (exact) mass is 571 g/mol. The van der Waals surface area contributed by atoms with Crippen LogP contribution in [-0.4, -0.2) is 37.7 Å². The summed E-state index contributed by atoms with van der Waals surface area (Å²) in [5, 5.41) is 7.30. The third-order valence-corrected chi connectivity index (χ3v) is 5.92. The van der Waals surface area contributed by atoms with E-state index >= 15 is 0 Å². The minimum Gasteiger partial charge on any atom is -0.497 e. The predicted molar refractivity (Wildman–Crippen MR) is 156 cm³/mol. The standard InChI is InChI=1S/C31H26ClN3O6/c1-3-40-28-17-20(7-16-27(28)41-31(38)22-8-12-24(32)13-9-22)19-33-35-30(37)23-5-4-6-25(18-23)34-29(36)21-10-14-26(39-2)15-11-21/h4-19H,3H2,1-2H3,(H,34,36)(H,35,37). The molecule has 0 radical (unpaired) electrons. The van der Waals surface area contributed by atoms with Gasteiger partial charge in [-0.1, -0.05) is 17.7 Å². The zero-order valence-corrected chi connectivity index (χ0v) is 23.0. The second-order valence-corrected chi connectivity index (χ2v) is 8.93. The topological polar surface area (TPSA) is 115 Å². The molecule has 0 saturated heterocycles. The Bertz CT molecular complexity index is 1570. The maximum absolute atomic E-state index is 12.7. The van der Waals surface area contributed by atoms with Crippen molar-refractivity contribution in [1.82, 2.24) is 5.43 Å². The van der Waals surface area contributed by atoms with Crippen LogP contribution in [0.25, 0.3) is 0 Å². The third kappa shape index (κ3) is 7.93. The number of hydrazone groups is 1. The Morgan fingerprint density at radius 3 is 2.27 bits per heavy atom. The molecule has 0 spiro atoms. The van der Waals surface area contributed by atoms with E-state index in [2.05, 4.69) is 15.8 Å². The maximum Gasteiger partial charge on any atom is 0.343 e. The number of ether oxygens (including phenoxy) is 3. The molecule has 0 aliphatic rings. The van der Waals surface area contributed by atoms with Gasteiger partial charge in [-0.15, -0.1) is 0 Å². The first kappa shape index (κ1) is 28.8. The van der Waals surface area contributed by atoms with Gasteiger partial charge in [-0.3, -0.25) is 9.59 Å². The summed E-state index contributed by atoms with van der Waals surface area (Å²) in [6.07, 6.45) is 1.43. The van der Waals surface area contributed by atoms with Crippen molar-refractivity contribution in [3.8, 4) is 17.2 Å². The number of hydrogen-bond acceptors (Lipinski definition) is 7. The lowest BCUT2D eigenvalue weighted by atomic mass is 10.1. The Labute approximate surface area is 241 Å². The Kier molecular flexibility index (Phi) is 9.69. The van der Waals surface area contributed by atoms with Crippen LogP contribution in [0.4, 0.5) is 5.69 Å². The SMILES string of the molecule is CCOc1cc(C=NNC(=O)c2cccc(NC(=O)c3ccc(OC)cc3)c2)ccc1OC(=O)c1ccc(Cl)cc1.